The molecule has 2 aromatic rings. The molecule has 0 saturated heterocycles. The zero-order valence-electron chi connectivity index (χ0n) is 6.94. The molecule has 0 unspecified atom stereocenters. The molecular weight excluding hydrogens is 182 g/mol. The molecule has 0 radical (unpaired) electrons. The molecule has 1 N–H and O–H groups in total. The Labute approximate surface area is 81.6 Å². The largest absolute Gasteiger partial charge is 0.281 e. The molecule has 0 bridgehead atoms. The average molecular weight is 191 g/mol. The fourth-order valence-electron chi connectivity index (χ4n) is 1.18. The molecule has 0 aliphatic rings. The van der Waals surface area contributed by atoms with E-state index in [-0.39, 0.29) is 0 Å². The summed E-state index contributed by atoms with van der Waals surface area (Å²) in [6.07, 6.45) is 3.54. The van der Waals surface area contributed by atoms with Crippen LogP contribution in [0.15, 0.2) is 30.6 Å². The van der Waals surface area contributed by atoms with Crippen LogP contribution in [-0.4, -0.2) is 15.2 Å². The Kier molecular flexibility index (Phi) is 2.31. The van der Waals surface area contributed by atoms with E-state index >= 15 is 0 Å². The van der Waals surface area contributed by atoms with Crippen LogP contribution >= 0.6 is 12.6 Å². The van der Waals surface area contributed by atoms with Crippen LogP contribution in [0.25, 0.3) is 11.3 Å². The van der Waals surface area contributed by atoms with Crippen molar-refractivity contribution in [2.45, 2.75) is 5.75 Å². The summed E-state index contributed by atoms with van der Waals surface area (Å²) >= 11 is 4.20. The minimum Gasteiger partial charge on any atom is -0.281 e. The zero-order chi connectivity index (χ0) is 9.10. The highest BCUT2D eigenvalue weighted by Gasteiger charge is 2.05. The van der Waals surface area contributed by atoms with E-state index in [9.17, 15) is 0 Å². The molecule has 2 aromatic heterocycles. The minimum atomic E-state index is 0.645. The van der Waals surface area contributed by atoms with Gasteiger partial charge in [0.2, 0.25) is 0 Å². The fourth-order valence-corrected chi connectivity index (χ4v) is 1.42. The first-order valence-electron chi connectivity index (χ1n) is 3.96. The summed E-state index contributed by atoms with van der Waals surface area (Å²) in [6, 6.07) is 5.80. The Morgan fingerprint density at radius 1 is 1.38 bits per heavy atom. The lowest BCUT2D eigenvalue weighted by atomic mass is 10.2. The number of aromatic amines is 1. The molecule has 0 saturated carbocycles. The highest BCUT2D eigenvalue weighted by Crippen LogP contribution is 2.19. The SMILES string of the molecule is SCc1[nH]ncc1-c1ccccn1. The molecule has 0 spiro atoms. The number of thiol groups is 1. The standard InChI is InChI=1S/C9H9N3S/c13-6-9-7(5-11-12-9)8-3-1-2-4-10-8/h1-5,13H,6H2,(H,11,12). The lowest BCUT2D eigenvalue weighted by Crippen LogP contribution is -1.85. The van der Waals surface area contributed by atoms with Gasteiger partial charge >= 0.3 is 0 Å². The van der Waals surface area contributed by atoms with Gasteiger partial charge in [0, 0.05) is 17.5 Å². The van der Waals surface area contributed by atoms with E-state index in [0.29, 0.717) is 5.75 Å². The second kappa shape index (κ2) is 3.62. The zero-order valence-corrected chi connectivity index (χ0v) is 7.83. The fraction of sp³-hybridized carbons (Fsp3) is 0.111. The lowest BCUT2D eigenvalue weighted by Gasteiger charge is -1.97. The molecule has 0 atom stereocenters. The summed E-state index contributed by atoms with van der Waals surface area (Å²) in [5.74, 6) is 0.645. The minimum absolute atomic E-state index is 0.645. The maximum atomic E-state index is 4.24. The van der Waals surface area contributed by atoms with Crippen LogP contribution in [0.2, 0.25) is 0 Å². The van der Waals surface area contributed by atoms with Crippen LogP contribution in [0.1, 0.15) is 5.69 Å². The van der Waals surface area contributed by atoms with Crippen molar-refractivity contribution in [1.29, 1.82) is 0 Å². The summed E-state index contributed by atoms with van der Waals surface area (Å²) < 4.78 is 0. The average Bonchev–Trinajstić information content (AvgIpc) is 2.67. The number of pyridine rings is 1. The maximum absolute atomic E-state index is 4.24. The smallest absolute Gasteiger partial charge is 0.0736 e. The molecule has 0 aromatic carbocycles. The van der Waals surface area contributed by atoms with Gasteiger partial charge in [0.1, 0.15) is 0 Å². The third-order valence-corrected chi connectivity index (χ3v) is 2.13. The van der Waals surface area contributed by atoms with Crippen molar-refractivity contribution in [3.05, 3.63) is 36.3 Å². The molecule has 3 nitrogen and oxygen atoms in total. The van der Waals surface area contributed by atoms with Crippen LogP contribution in [0.4, 0.5) is 0 Å². The molecule has 4 heteroatoms. The molecule has 0 aliphatic heterocycles. The van der Waals surface area contributed by atoms with Gasteiger partial charge in [0.25, 0.3) is 0 Å². The first-order valence-corrected chi connectivity index (χ1v) is 4.59. The van der Waals surface area contributed by atoms with Crippen LogP contribution in [-0.2, 0) is 5.75 Å². The van der Waals surface area contributed by atoms with Gasteiger partial charge in [-0.2, -0.15) is 17.7 Å². The van der Waals surface area contributed by atoms with Crippen molar-refractivity contribution in [3.63, 3.8) is 0 Å². The summed E-state index contributed by atoms with van der Waals surface area (Å²) in [5.41, 5.74) is 2.96. The molecule has 2 rings (SSSR count). The van der Waals surface area contributed by atoms with Crippen LogP contribution in [0.3, 0.4) is 0 Å². The Bertz CT molecular complexity index is 383. The molecular formula is C9H9N3S. The van der Waals surface area contributed by atoms with Crippen molar-refractivity contribution >= 4 is 12.6 Å². The number of nitrogens with zero attached hydrogens (tertiary/aromatic N) is 2. The van der Waals surface area contributed by atoms with E-state index in [4.69, 9.17) is 0 Å². The van der Waals surface area contributed by atoms with Gasteiger partial charge in [-0.25, -0.2) is 0 Å². The Morgan fingerprint density at radius 3 is 3.00 bits per heavy atom. The number of rotatable bonds is 2. The van der Waals surface area contributed by atoms with E-state index in [1.165, 1.54) is 0 Å². The van der Waals surface area contributed by atoms with E-state index in [2.05, 4.69) is 27.8 Å². The second-order valence-corrected chi connectivity index (χ2v) is 2.95. The number of hydrogen-bond acceptors (Lipinski definition) is 3. The van der Waals surface area contributed by atoms with Gasteiger partial charge in [-0.05, 0) is 12.1 Å². The van der Waals surface area contributed by atoms with E-state index in [1.807, 2.05) is 18.2 Å². The molecule has 66 valence electrons. The molecule has 0 fully saturated rings. The Hall–Kier alpha value is -1.29. The van der Waals surface area contributed by atoms with E-state index < -0.39 is 0 Å². The first-order chi connectivity index (χ1) is 6.42. The number of nitrogens with one attached hydrogen (secondary N) is 1. The van der Waals surface area contributed by atoms with Crippen molar-refractivity contribution in [1.82, 2.24) is 15.2 Å². The normalized spacial score (nSPS) is 10.2. The highest BCUT2D eigenvalue weighted by atomic mass is 32.1. The van der Waals surface area contributed by atoms with Gasteiger partial charge in [0.15, 0.2) is 0 Å². The Morgan fingerprint density at radius 2 is 2.31 bits per heavy atom. The van der Waals surface area contributed by atoms with Crippen LogP contribution < -0.4 is 0 Å². The van der Waals surface area contributed by atoms with Crippen LogP contribution in [0, 0.1) is 0 Å². The molecule has 13 heavy (non-hydrogen) atoms. The van der Waals surface area contributed by atoms with Gasteiger partial charge in [-0.3, -0.25) is 10.1 Å². The van der Waals surface area contributed by atoms with Gasteiger partial charge < -0.3 is 0 Å². The summed E-state index contributed by atoms with van der Waals surface area (Å²) in [7, 11) is 0. The van der Waals surface area contributed by atoms with Crippen molar-refractivity contribution in [2.24, 2.45) is 0 Å². The third kappa shape index (κ3) is 1.58. The van der Waals surface area contributed by atoms with Gasteiger partial charge in [0.05, 0.1) is 17.6 Å². The van der Waals surface area contributed by atoms with Gasteiger partial charge in [-0.1, -0.05) is 6.07 Å². The van der Waals surface area contributed by atoms with Crippen molar-refractivity contribution in [2.75, 3.05) is 0 Å². The third-order valence-electron chi connectivity index (χ3n) is 1.82. The first kappa shape index (κ1) is 8.31. The summed E-state index contributed by atoms with van der Waals surface area (Å²) in [5, 5.41) is 6.84. The predicted octanol–water partition coefficient (Wildman–Crippen LogP) is 1.90. The number of hydrogen-bond donors (Lipinski definition) is 2. The monoisotopic (exact) mass is 191 g/mol. The second-order valence-electron chi connectivity index (χ2n) is 2.64. The van der Waals surface area contributed by atoms with Gasteiger partial charge in [-0.15, -0.1) is 0 Å². The molecule has 2 heterocycles. The number of aromatic nitrogens is 3. The van der Waals surface area contributed by atoms with Crippen molar-refractivity contribution in [3.8, 4) is 11.3 Å². The highest BCUT2D eigenvalue weighted by molar-refractivity contribution is 7.79. The van der Waals surface area contributed by atoms with E-state index in [0.717, 1.165) is 17.0 Å². The van der Waals surface area contributed by atoms with E-state index in [1.54, 1.807) is 12.4 Å². The molecule has 0 aliphatic carbocycles. The summed E-state index contributed by atoms with van der Waals surface area (Å²) in [6.45, 7) is 0. The predicted molar refractivity (Wildman–Crippen MR) is 54.5 cm³/mol. The molecule has 0 amide bonds. The Balaban J connectivity index is 2.47. The topological polar surface area (TPSA) is 41.6 Å². The van der Waals surface area contributed by atoms with Crippen molar-refractivity contribution < 1.29 is 0 Å². The van der Waals surface area contributed by atoms with Crippen LogP contribution in [0.5, 0.6) is 0 Å². The maximum Gasteiger partial charge on any atom is 0.0736 e. The summed E-state index contributed by atoms with van der Waals surface area (Å²) in [4.78, 5) is 4.24. The number of H-pyrrole nitrogens is 1. The lowest BCUT2D eigenvalue weighted by molar-refractivity contribution is 1.04. The quantitative estimate of drug-likeness (QED) is 0.712.